The first kappa shape index (κ1) is 24.3. The number of nitrogens with one attached hydrogen (secondary N) is 2. The summed E-state index contributed by atoms with van der Waals surface area (Å²) in [6.07, 6.45) is 10.2. The average molecular weight is 466 g/mol. The van der Waals surface area contributed by atoms with Crippen molar-refractivity contribution in [1.29, 1.82) is 0 Å². The van der Waals surface area contributed by atoms with Crippen LogP contribution in [-0.2, 0) is 0 Å². The lowest BCUT2D eigenvalue weighted by Gasteiger charge is -2.30. The number of anilines is 3. The van der Waals surface area contributed by atoms with E-state index in [-0.39, 0.29) is 12.1 Å². The highest BCUT2D eigenvalue weighted by Gasteiger charge is 2.28. The molecule has 34 heavy (non-hydrogen) atoms. The minimum absolute atomic E-state index is 0.273. The van der Waals surface area contributed by atoms with Crippen molar-refractivity contribution in [2.75, 3.05) is 35.7 Å². The van der Waals surface area contributed by atoms with Crippen molar-refractivity contribution in [3.8, 4) is 5.88 Å². The van der Waals surface area contributed by atoms with Gasteiger partial charge in [0.1, 0.15) is 6.10 Å². The van der Waals surface area contributed by atoms with Gasteiger partial charge in [0.2, 0.25) is 5.88 Å². The number of amides is 2. The first-order valence-electron chi connectivity index (χ1n) is 12.8. The van der Waals surface area contributed by atoms with Crippen molar-refractivity contribution in [3.05, 3.63) is 42.6 Å². The normalized spacial score (nSPS) is 19.4. The number of benzene rings is 1. The van der Waals surface area contributed by atoms with E-state index in [1.54, 1.807) is 6.20 Å². The van der Waals surface area contributed by atoms with Gasteiger partial charge >= 0.3 is 6.03 Å². The molecule has 4 rings (SSSR count). The lowest BCUT2D eigenvalue weighted by Crippen LogP contribution is -2.40. The highest BCUT2D eigenvalue weighted by atomic mass is 16.5. The summed E-state index contributed by atoms with van der Waals surface area (Å²) in [4.78, 5) is 21.7. The first-order chi connectivity index (χ1) is 16.5. The van der Waals surface area contributed by atoms with Crippen LogP contribution in [0.1, 0.15) is 58.8 Å². The summed E-state index contributed by atoms with van der Waals surface area (Å²) in [5, 5.41) is 5.74. The minimum Gasteiger partial charge on any atom is -0.474 e. The van der Waals surface area contributed by atoms with E-state index in [2.05, 4.69) is 58.4 Å². The summed E-state index contributed by atoms with van der Waals surface area (Å²) in [7, 11) is 2.26. The average Bonchev–Trinajstić information content (AvgIpc) is 3.53. The number of carbonyl (C=O) groups excluding carboxylic acids is 1. The molecule has 2 amide bonds. The summed E-state index contributed by atoms with van der Waals surface area (Å²) >= 11 is 0. The van der Waals surface area contributed by atoms with Crippen molar-refractivity contribution in [2.45, 2.75) is 77.0 Å². The summed E-state index contributed by atoms with van der Waals surface area (Å²) in [5.74, 6) is 0.614. The van der Waals surface area contributed by atoms with Crippen LogP contribution in [0, 0.1) is 0 Å². The predicted octanol–water partition coefficient (Wildman–Crippen LogP) is 5.75. The molecule has 1 aromatic carbocycles. The number of rotatable bonds is 9. The van der Waals surface area contributed by atoms with E-state index in [1.807, 2.05) is 24.3 Å². The largest absolute Gasteiger partial charge is 0.474 e. The number of ether oxygens (including phenoxy) is 1. The van der Waals surface area contributed by atoms with E-state index in [0.29, 0.717) is 23.7 Å². The maximum Gasteiger partial charge on any atom is 0.323 e. The molecule has 1 aliphatic heterocycles. The van der Waals surface area contributed by atoms with Gasteiger partial charge in [0.15, 0.2) is 0 Å². The monoisotopic (exact) mass is 465 g/mol. The molecular formula is C27H39N5O2. The van der Waals surface area contributed by atoms with Gasteiger partial charge in [-0.05, 0) is 82.8 Å². The summed E-state index contributed by atoms with van der Waals surface area (Å²) in [5.41, 5.74) is 2.60. The molecule has 1 saturated heterocycles. The number of aromatic nitrogens is 1. The molecule has 2 N–H and O–H groups in total. The van der Waals surface area contributed by atoms with Gasteiger partial charge in [-0.15, -0.1) is 0 Å². The van der Waals surface area contributed by atoms with E-state index in [1.165, 1.54) is 37.8 Å². The van der Waals surface area contributed by atoms with Gasteiger partial charge in [0.05, 0.1) is 11.9 Å². The van der Waals surface area contributed by atoms with Gasteiger partial charge in [-0.25, -0.2) is 9.78 Å². The second-order valence-corrected chi connectivity index (χ2v) is 9.73. The Balaban J connectivity index is 1.24. The van der Waals surface area contributed by atoms with Crippen LogP contribution in [0.4, 0.5) is 21.9 Å². The Hall–Kier alpha value is -2.80. The molecule has 0 spiro atoms. The lowest BCUT2D eigenvalue weighted by molar-refractivity contribution is 0.187. The summed E-state index contributed by atoms with van der Waals surface area (Å²) in [6.45, 7) is 6.69. The molecule has 2 aromatic rings. The second kappa shape index (κ2) is 11.6. The SMILES string of the molecule is CCCC(C)N(C)C1CCN(c2ccc(NC(=O)Nc3ccc(OC4CCCC4)nc3)cc2)C1. The van der Waals surface area contributed by atoms with Crippen LogP contribution in [0.2, 0.25) is 0 Å². The van der Waals surface area contributed by atoms with Gasteiger partial charge in [-0.1, -0.05) is 13.3 Å². The Morgan fingerprint density at radius 2 is 1.82 bits per heavy atom. The molecule has 2 unspecified atom stereocenters. The van der Waals surface area contributed by atoms with E-state index in [9.17, 15) is 4.79 Å². The maximum absolute atomic E-state index is 12.4. The van der Waals surface area contributed by atoms with Crippen LogP contribution in [0.25, 0.3) is 0 Å². The number of hydrogen-bond acceptors (Lipinski definition) is 5. The molecule has 7 nitrogen and oxygen atoms in total. The molecule has 1 saturated carbocycles. The molecule has 0 bridgehead atoms. The molecule has 1 aliphatic carbocycles. The van der Waals surface area contributed by atoms with Crippen molar-refractivity contribution in [2.24, 2.45) is 0 Å². The highest BCUT2D eigenvalue weighted by molar-refractivity contribution is 5.99. The number of urea groups is 1. The maximum atomic E-state index is 12.4. The fourth-order valence-electron chi connectivity index (χ4n) is 5.04. The molecule has 2 fully saturated rings. The highest BCUT2D eigenvalue weighted by Crippen LogP contribution is 2.26. The molecule has 0 radical (unpaired) electrons. The second-order valence-electron chi connectivity index (χ2n) is 9.73. The van der Waals surface area contributed by atoms with Crippen LogP contribution in [-0.4, -0.2) is 54.2 Å². The summed E-state index contributed by atoms with van der Waals surface area (Å²) < 4.78 is 5.88. The number of pyridine rings is 1. The van der Waals surface area contributed by atoms with E-state index < -0.39 is 0 Å². The van der Waals surface area contributed by atoms with Gasteiger partial charge in [0.25, 0.3) is 0 Å². The van der Waals surface area contributed by atoms with E-state index >= 15 is 0 Å². The third kappa shape index (κ3) is 6.41. The standard InChI is InChI=1S/C27H39N5O2/c1-4-7-20(2)31(3)24-16-17-32(19-24)23-13-10-21(11-14-23)29-27(33)30-22-12-15-26(28-18-22)34-25-8-5-6-9-25/h10-15,18,20,24-25H,4-9,16-17,19H2,1-3H3,(H2,29,30,33). The van der Waals surface area contributed by atoms with Crippen LogP contribution in [0.3, 0.4) is 0 Å². The molecule has 2 atom stereocenters. The predicted molar refractivity (Wildman–Crippen MR) is 139 cm³/mol. The summed E-state index contributed by atoms with van der Waals surface area (Å²) in [6, 6.07) is 12.7. The van der Waals surface area contributed by atoms with Crippen molar-refractivity contribution < 1.29 is 9.53 Å². The quantitative estimate of drug-likeness (QED) is 0.494. The topological polar surface area (TPSA) is 69.7 Å². The van der Waals surface area contributed by atoms with Crippen LogP contribution >= 0.6 is 0 Å². The zero-order valence-electron chi connectivity index (χ0n) is 20.8. The fraction of sp³-hybridized carbons (Fsp3) is 0.556. The number of nitrogens with zero attached hydrogens (tertiary/aromatic N) is 3. The third-order valence-electron chi connectivity index (χ3n) is 7.22. The molecular weight excluding hydrogens is 426 g/mol. The Labute approximate surface area is 203 Å². The first-order valence-corrected chi connectivity index (χ1v) is 12.8. The van der Waals surface area contributed by atoms with Crippen molar-refractivity contribution in [1.82, 2.24) is 9.88 Å². The van der Waals surface area contributed by atoms with Crippen molar-refractivity contribution in [3.63, 3.8) is 0 Å². The smallest absolute Gasteiger partial charge is 0.323 e. The zero-order valence-corrected chi connectivity index (χ0v) is 20.8. The molecule has 184 valence electrons. The van der Waals surface area contributed by atoms with Crippen molar-refractivity contribution >= 4 is 23.1 Å². The fourth-order valence-corrected chi connectivity index (χ4v) is 5.04. The van der Waals surface area contributed by atoms with Crippen LogP contribution in [0.15, 0.2) is 42.6 Å². The van der Waals surface area contributed by atoms with E-state index in [4.69, 9.17) is 4.74 Å². The minimum atomic E-state index is -0.285. The van der Waals surface area contributed by atoms with Gasteiger partial charge < -0.3 is 20.3 Å². The molecule has 2 aliphatic rings. The molecule has 1 aromatic heterocycles. The van der Waals surface area contributed by atoms with Crippen LogP contribution in [0.5, 0.6) is 5.88 Å². The van der Waals surface area contributed by atoms with Gasteiger partial charge in [0, 0.05) is 42.6 Å². The Bertz CT molecular complexity index is 912. The Morgan fingerprint density at radius 1 is 1.12 bits per heavy atom. The lowest BCUT2D eigenvalue weighted by atomic mass is 10.1. The van der Waals surface area contributed by atoms with Gasteiger partial charge in [-0.3, -0.25) is 4.90 Å². The number of hydrogen-bond donors (Lipinski definition) is 2. The molecule has 7 heteroatoms. The number of likely N-dealkylation sites (N-methyl/N-ethyl adjacent to an activating group) is 1. The van der Waals surface area contributed by atoms with E-state index in [0.717, 1.165) is 31.6 Å². The molecule has 2 heterocycles. The number of carbonyl (C=O) groups is 1. The zero-order chi connectivity index (χ0) is 23.9. The Kier molecular flexibility index (Phi) is 8.27. The van der Waals surface area contributed by atoms with Gasteiger partial charge in [-0.2, -0.15) is 0 Å². The van der Waals surface area contributed by atoms with Crippen LogP contribution < -0.4 is 20.3 Å². The Morgan fingerprint density at radius 3 is 2.50 bits per heavy atom. The third-order valence-corrected chi connectivity index (χ3v) is 7.22.